The van der Waals surface area contributed by atoms with Gasteiger partial charge < -0.3 is 4.74 Å². The molecule has 0 N–H and O–H groups in total. The van der Waals surface area contributed by atoms with Gasteiger partial charge in [-0.05, 0) is 73.5 Å². The summed E-state index contributed by atoms with van der Waals surface area (Å²) < 4.78 is 73.7. The van der Waals surface area contributed by atoms with Gasteiger partial charge in [-0.15, -0.1) is 0 Å². The lowest BCUT2D eigenvalue weighted by molar-refractivity contribution is 0.0519. The maximum Gasteiger partial charge on any atom is 0.356 e. The summed E-state index contributed by atoms with van der Waals surface area (Å²) >= 11 is 0. The van der Waals surface area contributed by atoms with Gasteiger partial charge in [-0.3, -0.25) is 0 Å². The van der Waals surface area contributed by atoms with Crippen LogP contribution in [-0.4, -0.2) is 26.0 Å². The molecule has 31 heavy (non-hydrogen) atoms. The molecule has 162 valence electrons. The number of carbonyl (C=O) groups excluding carboxylic acids is 1. The second kappa shape index (κ2) is 8.89. The van der Waals surface area contributed by atoms with Crippen LogP contribution in [0.3, 0.4) is 0 Å². The van der Waals surface area contributed by atoms with Crippen molar-refractivity contribution in [2.24, 2.45) is 0 Å². The second-order valence-corrected chi connectivity index (χ2v) is 8.72. The van der Waals surface area contributed by atoms with E-state index in [0.717, 1.165) is 48.7 Å². The Hall–Kier alpha value is -3.20. The molecule has 1 atom stereocenters. The predicted molar refractivity (Wildman–Crippen MR) is 107 cm³/mol. The number of carbonyl (C=O) groups is 1. The molecular formula is C22H18F3NO4S. The summed E-state index contributed by atoms with van der Waals surface area (Å²) in [6.45, 7) is 3.26. The van der Waals surface area contributed by atoms with Crippen LogP contribution in [0.4, 0.5) is 13.2 Å². The smallest absolute Gasteiger partial charge is 0.356 e. The summed E-state index contributed by atoms with van der Waals surface area (Å²) in [5.41, 5.74) is -0.141. The lowest BCUT2D eigenvalue weighted by atomic mass is 10.0. The van der Waals surface area contributed by atoms with Gasteiger partial charge in [0.1, 0.15) is 28.4 Å². The number of esters is 1. The Morgan fingerprint density at radius 2 is 1.65 bits per heavy atom. The standard InChI is InChI=1S/C22H18F3NO4S/c1-3-30-22(27)20-10-13(2)18(12-26-20)21(17-11-15(24)6-9-19(17)25)31(28,29)16-7-4-14(23)5-8-16/h4-12,21H,3H2,1-2H3. The summed E-state index contributed by atoms with van der Waals surface area (Å²) in [4.78, 5) is 15.6. The second-order valence-electron chi connectivity index (χ2n) is 6.69. The van der Waals surface area contributed by atoms with Crippen LogP contribution in [0.5, 0.6) is 0 Å². The summed E-state index contributed by atoms with van der Waals surface area (Å²) in [7, 11) is -4.36. The fourth-order valence-corrected chi connectivity index (χ4v) is 5.02. The number of ether oxygens (including phenoxy) is 1. The monoisotopic (exact) mass is 449 g/mol. The lowest BCUT2D eigenvalue weighted by Gasteiger charge is -2.21. The van der Waals surface area contributed by atoms with E-state index in [1.807, 2.05) is 0 Å². The van der Waals surface area contributed by atoms with Gasteiger partial charge in [0.05, 0.1) is 11.5 Å². The van der Waals surface area contributed by atoms with Crippen LogP contribution in [0.15, 0.2) is 59.6 Å². The van der Waals surface area contributed by atoms with E-state index in [1.165, 1.54) is 13.0 Å². The van der Waals surface area contributed by atoms with Crippen LogP contribution < -0.4 is 0 Å². The Morgan fingerprint density at radius 1 is 1.00 bits per heavy atom. The van der Waals surface area contributed by atoms with Gasteiger partial charge >= 0.3 is 5.97 Å². The topological polar surface area (TPSA) is 73.3 Å². The molecule has 3 rings (SSSR count). The van der Waals surface area contributed by atoms with Gasteiger partial charge in [-0.1, -0.05) is 0 Å². The van der Waals surface area contributed by atoms with E-state index in [-0.39, 0.29) is 22.8 Å². The van der Waals surface area contributed by atoms with Crippen molar-refractivity contribution in [3.8, 4) is 0 Å². The lowest BCUT2D eigenvalue weighted by Crippen LogP contribution is -2.19. The minimum absolute atomic E-state index is 0.0434. The number of pyridine rings is 1. The number of benzene rings is 2. The molecule has 0 aliphatic heterocycles. The minimum atomic E-state index is -4.36. The van der Waals surface area contributed by atoms with Crippen LogP contribution >= 0.6 is 0 Å². The van der Waals surface area contributed by atoms with Crippen molar-refractivity contribution >= 4 is 15.8 Å². The Balaban J connectivity index is 2.23. The number of hydrogen-bond donors (Lipinski definition) is 0. The Labute approximate surface area is 177 Å². The highest BCUT2D eigenvalue weighted by Crippen LogP contribution is 2.38. The van der Waals surface area contributed by atoms with Crippen molar-refractivity contribution in [3.63, 3.8) is 0 Å². The molecule has 1 aromatic heterocycles. The molecule has 1 heterocycles. The number of rotatable bonds is 6. The quantitative estimate of drug-likeness (QED) is 0.408. The van der Waals surface area contributed by atoms with Gasteiger partial charge in [0.2, 0.25) is 0 Å². The molecule has 0 spiro atoms. The van der Waals surface area contributed by atoms with Crippen molar-refractivity contribution in [1.29, 1.82) is 0 Å². The summed E-state index contributed by atoms with van der Waals surface area (Å²) in [5.74, 6) is -3.12. The molecule has 0 amide bonds. The zero-order valence-electron chi connectivity index (χ0n) is 16.6. The Kier molecular flexibility index (Phi) is 6.45. The van der Waals surface area contributed by atoms with E-state index in [2.05, 4.69) is 4.98 Å². The summed E-state index contributed by atoms with van der Waals surface area (Å²) in [5, 5.41) is -1.68. The molecule has 0 bridgehead atoms. The number of halogens is 3. The van der Waals surface area contributed by atoms with Crippen LogP contribution in [0, 0.1) is 24.4 Å². The normalized spacial score (nSPS) is 12.4. The first kappa shape index (κ1) is 22.5. The molecule has 0 saturated carbocycles. The number of aromatic nitrogens is 1. The summed E-state index contributed by atoms with van der Waals surface area (Å²) in [6, 6.07) is 7.82. The largest absolute Gasteiger partial charge is 0.461 e. The van der Waals surface area contributed by atoms with E-state index in [9.17, 15) is 26.4 Å². The molecule has 0 aliphatic carbocycles. The molecule has 1 unspecified atom stereocenters. The maximum absolute atomic E-state index is 14.7. The minimum Gasteiger partial charge on any atom is -0.461 e. The predicted octanol–water partition coefficient (Wildman–Crippen LogP) is 4.55. The number of aryl methyl sites for hydroxylation is 1. The highest BCUT2D eigenvalue weighted by atomic mass is 32.2. The van der Waals surface area contributed by atoms with Crippen molar-refractivity contribution in [2.75, 3.05) is 6.61 Å². The average Bonchev–Trinajstić information content (AvgIpc) is 2.72. The van der Waals surface area contributed by atoms with Crippen LogP contribution in [-0.2, 0) is 14.6 Å². The molecule has 0 radical (unpaired) electrons. The third-order valence-corrected chi connectivity index (χ3v) is 6.67. The van der Waals surface area contributed by atoms with E-state index < -0.39 is 44.1 Å². The third-order valence-electron chi connectivity index (χ3n) is 4.61. The fourth-order valence-electron chi connectivity index (χ4n) is 3.14. The zero-order chi connectivity index (χ0) is 22.8. The van der Waals surface area contributed by atoms with Crippen LogP contribution in [0.1, 0.15) is 39.4 Å². The first-order valence-corrected chi connectivity index (χ1v) is 10.8. The van der Waals surface area contributed by atoms with Crippen molar-refractivity contribution in [1.82, 2.24) is 4.98 Å². The molecule has 0 fully saturated rings. The van der Waals surface area contributed by atoms with E-state index in [0.29, 0.717) is 5.56 Å². The molecule has 5 nitrogen and oxygen atoms in total. The van der Waals surface area contributed by atoms with Crippen molar-refractivity contribution in [2.45, 2.75) is 24.0 Å². The van der Waals surface area contributed by atoms with Gasteiger partial charge in [-0.2, -0.15) is 0 Å². The molecular weight excluding hydrogens is 431 g/mol. The highest BCUT2D eigenvalue weighted by molar-refractivity contribution is 7.92. The van der Waals surface area contributed by atoms with Crippen LogP contribution in [0.2, 0.25) is 0 Å². The van der Waals surface area contributed by atoms with Crippen molar-refractivity contribution in [3.05, 3.63) is 94.6 Å². The van der Waals surface area contributed by atoms with Crippen molar-refractivity contribution < 1.29 is 31.1 Å². The maximum atomic E-state index is 14.7. The Bertz CT molecular complexity index is 1230. The third kappa shape index (κ3) is 4.61. The van der Waals surface area contributed by atoms with E-state index >= 15 is 0 Å². The Morgan fingerprint density at radius 3 is 2.26 bits per heavy atom. The highest BCUT2D eigenvalue weighted by Gasteiger charge is 2.35. The average molecular weight is 449 g/mol. The molecule has 3 aromatic rings. The molecule has 2 aromatic carbocycles. The van der Waals surface area contributed by atoms with Gasteiger partial charge in [-0.25, -0.2) is 31.4 Å². The summed E-state index contributed by atoms with van der Waals surface area (Å²) in [6.07, 6.45) is 1.12. The van der Waals surface area contributed by atoms with Gasteiger partial charge in [0.25, 0.3) is 0 Å². The first-order chi connectivity index (χ1) is 14.6. The van der Waals surface area contributed by atoms with E-state index in [1.54, 1.807) is 6.92 Å². The number of nitrogens with zero attached hydrogens (tertiary/aromatic N) is 1. The fraction of sp³-hybridized carbons (Fsp3) is 0.182. The molecule has 9 heteroatoms. The first-order valence-electron chi connectivity index (χ1n) is 9.23. The number of sulfone groups is 1. The number of hydrogen-bond acceptors (Lipinski definition) is 5. The molecule has 0 aliphatic rings. The zero-order valence-corrected chi connectivity index (χ0v) is 17.4. The van der Waals surface area contributed by atoms with Gasteiger partial charge in [0.15, 0.2) is 9.84 Å². The van der Waals surface area contributed by atoms with E-state index in [4.69, 9.17) is 4.74 Å². The van der Waals surface area contributed by atoms with Gasteiger partial charge in [0, 0.05) is 11.8 Å². The molecule has 0 saturated heterocycles. The van der Waals surface area contributed by atoms with Crippen LogP contribution in [0.25, 0.3) is 0 Å². The SMILES string of the molecule is CCOC(=O)c1cc(C)c(C(c2cc(F)ccc2F)S(=O)(=O)c2ccc(F)cc2)cn1.